The van der Waals surface area contributed by atoms with Crippen LogP contribution in [0.25, 0.3) is 0 Å². The normalized spacial score (nSPS) is 18.7. The van der Waals surface area contributed by atoms with Gasteiger partial charge in [-0.05, 0) is 31.4 Å². The standard InChI is InChI=1S/C10H12ClNO/c1-7-2-3-8(9(11)12-7)10(6-13)4-5-10/h2-3,13H,4-6H2,1H3. The molecule has 1 aliphatic carbocycles. The Balaban J connectivity index is 2.41. The first-order valence-corrected chi connectivity index (χ1v) is 4.80. The Labute approximate surface area is 82.6 Å². The van der Waals surface area contributed by atoms with Crippen molar-refractivity contribution in [2.24, 2.45) is 0 Å². The van der Waals surface area contributed by atoms with Gasteiger partial charge in [0.1, 0.15) is 5.15 Å². The molecule has 1 aromatic rings. The smallest absolute Gasteiger partial charge is 0.133 e. The van der Waals surface area contributed by atoms with E-state index in [9.17, 15) is 5.11 Å². The van der Waals surface area contributed by atoms with Crippen LogP contribution >= 0.6 is 11.6 Å². The van der Waals surface area contributed by atoms with Crippen LogP contribution in [0.3, 0.4) is 0 Å². The quantitative estimate of drug-likeness (QED) is 0.737. The molecule has 13 heavy (non-hydrogen) atoms. The van der Waals surface area contributed by atoms with Crippen molar-refractivity contribution in [1.29, 1.82) is 0 Å². The number of aryl methyl sites for hydroxylation is 1. The van der Waals surface area contributed by atoms with Crippen LogP contribution in [-0.4, -0.2) is 16.7 Å². The summed E-state index contributed by atoms with van der Waals surface area (Å²) in [4.78, 5) is 4.18. The number of halogens is 1. The Bertz CT molecular complexity index is 334. The molecule has 0 saturated heterocycles. The van der Waals surface area contributed by atoms with E-state index < -0.39 is 0 Å². The van der Waals surface area contributed by atoms with Crippen LogP contribution in [0.2, 0.25) is 5.15 Å². The summed E-state index contributed by atoms with van der Waals surface area (Å²) in [6.45, 7) is 2.09. The van der Waals surface area contributed by atoms with Gasteiger partial charge in [-0.1, -0.05) is 17.7 Å². The van der Waals surface area contributed by atoms with Crippen LogP contribution in [-0.2, 0) is 5.41 Å². The summed E-state index contributed by atoms with van der Waals surface area (Å²) < 4.78 is 0. The van der Waals surface area contributed by atoms with Gasteiger partial charge in [0.15, 0.2) is 0 Å². The van der Waals surface area contributed by atoms with Crippen molar-refractivity contribution in [2.75, 3.05) is 6.61 Å². The molecular weight excluding hydrogens is 186 g/mol. The molecule has 0 bridgehead atoms. The first kappa shape index (κ1) is 8.97. The maximum Gasteiger partial charge on any atom is 0.133 e. The molecule has 2 nitrogen and oxygen atoms in total. The number of rotatable bonds is 2. The molecule has 70 valence electrons. The summed E-state index contributed by atoms with van der Waals surface area (Å²) in [6, 6.07) is 3.92. The van der Waals surface area contributed by atoms with Crippen LogP contribution in [0.15, 0.2) is 12.1 Å². The molecule has 0 spiro atoms. The van der Waals surface area contributed by atoms with E-state index >= 15 is 0 Å². The predicted octanol–water partition coefficient (Wildman–Crippen LogP) is 2.07. The van der Waals surface area contributed by atoms with Crippen molar-refractivity contribution in [2.45, 2.75) is 25.2 Å². The number of hydrogen-bond acceptors (Lipinski definition) is 2. The van der Waals surface area contributed by atoms with E-state index in [1.165, 1.54) is 0 Å². The molecule has 1 aromatic heterocycles. The van der Waals surface area contributed by atoms with Crippen LogP contribution in [0.5, 0.6) is 0 Å². The second-order valence-electron chi connectivity index (χ2n) is 3.73. The average Bonchev–Trinajstić information content (AvgIpc) is 2.85. The summed E-state index contributed by atoms with van der Waals surface area (Å²) in [5, 5.41) is 9.77. The maximum absolute atomic E-state index is 9.22. The number of aliphatic hydroxyl groups excluding tert-OH is 1. The Morgan fingerprint density at radius 3 is 2.69 bits per heavy atom. The van der Waals surface area contributed by atoms with Gasteiger partial charge in [0.25, 0.3) is 0 Å². The van der Waals surface area contributed by atoms with Crippen molar-refractivity contribution >= 4 is 11.6 Å². The third-order valence-corrected chi connectivity index (χ3v) is 3.00. The third kappa shape index (κ3) is 1.45. The fourth-order valence-electron chi connectivity index (χ4n) is 1.58. The number of aliphatic hydroxyl groups is 1. The van der Waals surface area contributed by atoms with Gasteiger partial charge in [0, 0.05) is 11.1 Å². The average molecular weight is 198 g/mol. The van der Waals surface area contributed by atoms with E-state index in [0.717, 1.165) is 24.1 Å². The van der Waals surface area contributed by atoms with Gasteiger partial charge in [-0.3, -0.25) is 0 Å². The minimum Gasteiger partial charge on any atom is -0.395 e. The van der Waals surface area contributed by atoms with Crippen LogP contribution in [0.4, 0.5) is 0 Å². The fraction of sp³-hybridized carbons (Fsp3) is 0.500. The summed E-state index contributed by atoms with van der Waals surface area (Å²) >= 11 is 6.01. The minimum atomic E-state index is -0.0716. The van der Waals surface area contributed by atoms with Crippen molar-refractivity contribution in [3.05, 3.63) is 28.5 Å². The summed E-state index contributed by atoms with van der Waals surface area (Å²) in [7, 11) is 0. The zero-order valence-electron chi connectivity index (χ0n) is 7.55. The molecule has 0 radical (unpaired) electrons. The molecule has 3 heteroatoms. The molecule has 1 N–H and O–H groups in total. The molecule has 0 unspecified atom stereocenters. The molecule has 0 amide bonds. The van der Waals surface area contributed by atoms with E-state index in [1.807, 2.05) is 19.1 Å². The van der Waals surface area contributed by atoms with Crippen molar-refractivity contribution < 1.29 is 5.11 Å². The van der Waals surface area contributed by atoms with Crippen LogP contribution < -0.4 is 0 Å². The summed E-state index contributed by atoms with van der Waals surface area (Å²) in [5.41, 5.74) is 1.85. The molecule has 1 fully saturated rings. The third-order valence-electron chi connectivity index (χ3n) is 2.72. The lowest BCUT2D eigenvalue weighted by Crippen LogP contribution is -2.13. The van der Waals surface area contributed by atoms with E-state index in [4.69, 9.17) is 11.6 Å². The first-order chi connectivity index (χ1) is 6.18. The largest absolute Gasteiger partial charge is 0.395 e. The fourth-order valence-corrected chi connectivity index (χ4v) is 1.98. The molecular formula is C10H12ClNO. The lowest BCUT2D eigenvalue weighted by molar-refractivity contribution is 0.255. The number of aromatic nitrogens is 1. The second-order valence-corrected chi connectivity index (χ2v) is 4.09. The SMILES string of the molecule is Cc1ccc(C2(CO)CC2)c(Cl)n1. The Morgan fingerprint density at radius 1 is 1.54 bits per heavy atom. The Morgan fingerprint density at radius 2 is 2.23 bits per heavy atom. The summed E-state index contributed by atoms with van der Waals surface area (Å²) in [5.74, 6) is 0. The number of hydrogen-bond donors (Lipinski definition) is 1. The van der Waals surface area contributed by atoms with E-state index in [2.05, 4.69) is 4.98 Å². The second kappa shape index (κ2) is 2.96. The van der Waals surface area contributed by atoms with Gasteiger partial charge in [0.2, 0.25) is 0 Å². The molecule has 0 aliphatic heterocycles. The highest BCUT2D eigenvalue weighted by molar-refractivity contribution is 6.30. The molecule has 1 heterocycles. The molecule has 0 atom stereocenters. The Hall–Kier alpha value is -0.600. The topological polar surface area (TPSA) is 33.1 Å². The zero-order chi connectivity index (χ0) is 9.47. The van der Waals surface area contributed by atoms with Crippen molar-refractivity contribution in [1.82, 2.24) is 4.98 Å². The van der Waals surface area contributed by atoms with E-state index in [-0.39, 0.29) is 12.0 Å². The highest BCUT2D eigenvalue weighted by Gasteiger charge is 2.45. The van der Waals surface area contributed by atoms with Gasteiger partial charge in [0.05, 0.1) is 6.61 Å². The highest BCUT2D eigenvalue weighted by atomic mass is 35.5. The van der Waals surface area contributed by atoms with Gasteiger partial charge in [-0.15, -0.1) is 0 Å². The van der Waals surface area contributed by atoms with Gasteiger partial charge in [-0.25, -0.2) is 4.98 Å². The predicted molar refractivity (Wildman–Crippen MR) is 52.0 cm³/mol. The summed E-state index contributed by atoms with van der Waals surface area (Å²) in [6.07, 6.45) is 2.04. The monoisotopic (exact) mass is 197 g/mol. The lowest BCUT2D eigenvalue weighted by atomic mass is 9.99. The number of nitrogens with zero attached hydrogens (tertiary/aromatic N) is 1. The van der Waals surface area contributed by atoms with Gasteiger partial charge >= 0.3 is 0 Å². The van der Waals surface area contributed by atoms with E-state index in [1.54, 1.807) is 0 Å². The molecule has 0 aromatic carbocycles. The minimum absolute atomic E-state index is 0.0716. The lowest BCUT2D eigenvalue weighted by Gasteiger charge is -2.13. The van der Waals surface area contributed by atoms with Crippen molar-refractivity contribution in [3.8, 4) is 0 Å². The van der Waals surface area contributed by atoms with Crippen molar-refractivity contribution in [3.63, 3.8) is 0 Å². The molecule has 1 aliphatic rings. The highest BCUT2D eigenvalue weighted by Crippen LogP contribution is 2.49. The number of pyridine rings is 1. The van der Waals surface area contributed by atoms with Gasteiger partial charge in [-0.2, -0.15) is 0 Å². The molecule has 1 saturated carbocycles. The van der Waals surface area contributed by atoms with Crippen LogP contribution in [0.1, 0.15) is 24.1 Å². The Kier molecular flexibility index (Phi) is 2.05. The zero-order valence-corrected chi connectivity index (χ0v) is 8.30. The van der Waals surface area contributed by atoms with Gasteiger partial charge < -0.3 is 5.11 Å². The molecule has 2 rings (SSSR count). The van der Waals surface area contributed by atoms with Crippen LogP contribution in [0, 0.1) is 6.92 Å². The van der Waals surface area contributed by atoms with E-state index in [0.29, 0.717) is 5.15 Å². The maximum atomic E-state index is 9.22. The first-order valence-electron chi connectivity index (χ1n) is 4.42.